The highest BCUT2D eigenvalue weighted by Crippen LogP contribution is 2.29. The van der Waals surface area contributed by atoms with Crippen LogP contribution in [0.5, 0.6) is 0 Å². The fourth-order valence-electron chi connectivity index (χ4n) is 3.11. The lowest BCUT2D eigenvalue weighted by Crippen LogP contribution is -2.17. The van der Waals surface area contributed by atoms with Gasteiger partial charge in [0.1, 0.15) is 21.7 Å². The summed E-state index contributed by atoms with van der Waals surface area (Å²) in [7, 11) is -4.05. The van der Waals surface area contributed by atoms with E-state index in [9.17, 15) is 8.42 Å². The first-order valence-electron chi connectivity index (χ1n) is 9.32. The Morgan fingerprint density at radius 1 is 0.774 bits per heavy atom. The summed E-state index contributed by atoms with van der Waals surface area (Å²) in [4.78, 5) is 0.0456. The van der Waals surface area contributed by atoms with E-state index in [0.717, 1.165) is 27.2 Å². The van der Waals surface area contributed by atoms with Gasteiger partial charge in [-0.25, -0.2) is 0 Å². The fourth-order valence-corrected chi connectivity index (χ4v) is 5.11. The van der Waals surface area contributed by atoms with Crippen LogP contribution in [-0.2, 0) is 10.0 Å². The molecule has 8 nitrogen and oxygen atoms in total. The van der Waals surface area contributed by atoms with Crippen LogP contribution >= 0.6 is 11.7 Å². The second kappa shape index (κ2) is 7.82. The molecule has 0 bridgehead atoms. The molecule has 2 aromatic heterocycles. The minimum atomic E-state index is -4.05. The van der Waals surface area contributed by atoms with E-state index in [4.69, 9.17) is 0 Å². The molecule has 0 spiro atoms. The molecular formula is C21H16N6O2S2. The second-order valence-corrected chi connectivity index (χ2v) is 8.90. The van der Waals surface area contributed by atoms with Crippen molar-refractivity contribution in [3.63, 3.8) is 0 Å². The lowest BCUT2D eigenvalue weighted by Gasteiger charge is -2.10. The largest absolute Gasteiger partial charge is 0.339 e. The summed E-state index contributed by atoms with van der Waals surface area (Å²) in [5.41, 5.74) is 2.38. The van der Waals surface area contributed by atoms with E-state index < -0.39 is 10.0 Å². The SMILES string of the molecule is O=S(=O)(c1cccc2nsnc12)n1nc(Nc2ccccc2)cc1Nc1ccccc1. The number of hydrogen-bond acceptors (Lipinski definition) is 8. The molecule has 3 aromatic carbocycles. The second-order valence-electron chi connectivity index (χ2n) is 6.63. The minimum absolute atomic E-state index is 0.0456. The number of hydrogen-bond donors (Lipinski definition) is 2. The molecule has 5 rings (SSSR count). The van der Waals surface area contributed by atoms with Crippen molar-refractivity contribution in [3.8, 4) is 0 Å². The van der Waals surface area contributed by atoms with Gasteiger partial charge in [-0.3, -0.25) is 0 Å². The average Bonchev–Trinajstić information content (AvgIpc) is 3.42. The third kappa shape index (κ3) is 3.74. The zero-order valence-corrected chi connectivity index (χ0v) is 17.6. The number of rotatable bonds is 6. The number of anilines is 4. The van der Waals surface area contributed by atoms with Gasteiger partial charge in [0.2, 0.25) is 0 Å². The number of para-hydroxylation sites is 2. The Labute approximate surface area is 182 Å². The summed E-state index contributed by atoms with van der Waals surface area (Å²) >= 11 is 0.970. The molecule has 0 aliphatic heterocycles. The average molecular weight is 449 g/mol. The van der Waals surface area contributed by atoms with Gasteiger partial charge in [-0.1, -0.05) is 42.5 Å². The van der Waals surface area contributed by atoms with E-state index in [0.29, 0.717) is 22.7 Å². The molecular weight excluding hydrogens is 432 g/mol. The summed E-state index contributed by atoms with van der Waals surface area (Å²) in [5, 5.41) is 10.6. The van der Waals surface area contributed by atoms with Gasteiger partial charge in [0, 0.05) is 17.4 Å². The quantitative estimate of drug-likeness (QED) is 0.391. The number of nitrogens with zero attached hydrogens (tertiary/aromatic N) is 4. The molecule has 31 heavy (non-hydrogen) atoms. The van der Waals surface area contributed by atoms with Gasteiger partial charge in [-0.05, 0) is 36.4 Å². The predicted octanol–water partition coefficient (Wildman–Crippen LogP) is 4.61. The molecule has 2 heterocycles. The van der Waals surface area contributed by atoms with Crippen molar-refractivity contribution in [1.29, 1.82) is 0 Å². The molecule has 0 aliphatic carbocycles. The van der Waals surface area contributed by atoms with E-state index in [-0.39, 0.29) is 4.90 Å². The minimum Gasteiger partial charge on any atom is -0.339 e. The zero-order valence-electron chi connectivity index (χ0n) is 16.0. The van der Waals surface area contributed by atoms with Gasteiger partial charge in [0.05, 0.1) is 11.7 Å². The lowest BCUT2D eigenvalue weighted by atomic mass is 10.3. The van der Waals surface area contributed by atoms with Crippen LogP contribution in [0.25, 0.3) is 11.0 Å². The number of benzene rings is 3. The van der Waals surface area contributed by atoms with Crippen molar-refractivity contribution in [3.05, 3.63) is 84.9 Å². The maximum atomic E-state index is 13.6. The van der Waals surface area contributed by atoms with Crippen LogP contribution in [0, 0.1) is 0 Å². The van der Waals surface area contributed by atoms with E-state index in [2.05, 4.69) is 24.5 Å². The van der Waals surface area contributed by atoms with Crippen LogP contribution in [0.2, 0.25) is 0 Å². The van der Waals surface area contributed by atoms with Gasteiger partial charge in [0.25, 0.3) is 10.0 Å². The zero-order chi connectivity index (χ0) is 21.3. The Hall–Kier alpha value is -3.76. The molecule has 0 saturated carbocycles. The van der Waals surface area contributed by atoms with Gasteiger partial charge in [0.15, 0.2) is 5.82 Å². The molecule has 0 saturated heterocycles. The van der Waals surface area contributed by atoms with Crippen molar-refractivity contribution in [1.82, 2.24) is 17.9 Å². The van der Waals surface area contributed by atoms with Crippen LogP contribution in [-0.4, -0.2) is 26.4 Å². The Morgan fingerprint density at radius 3 is 2.16 bits per heavy atom. The highest BCUT2D eigenvalue weighted by atomic mass is 32.2. The van der Waals surface area contributed by atoms with Crippen molar-refractivity contribution in [2.75, 3.05) is 10.6 Å². The lowest BCUT2D eigenvalue weighted by molar-refractivity contribution is 0.582. The standard InChI is InChI=1S/C21H16N6O2S2/c28-31(29,18-13-7-12-17-21(18)26-30-25-17)27-20(23-16-10-5-2-6-11-16)14-19(24-27)22-15-8-3-1-4-9-15/h1-14,23H,(H,22,24). The molecule has 0 amide bonds. The van der Waals surface area contributed by atoms with E-state index >= 15 is 0 Å². The molecule has 0 atom stereocenters. The summed E-state index contributed by atoms with van der Waals surface area (Å²) in [6, 6.07) is 25.3. The Bertz CT molecular complexity index is 1450. The van der Waals surface area contributed by atoms with Crippen LogP contribution in [0.4, 0.5) is 23.0 Å². The topological polar surface area (TPSA) is 102 Å². The first-order chi connectivity index (χ1) is 15.1. The number of aromatic nitrogens is 4. The molecule has 0 aliphatic rings. The Morgan fingerprint density at radius 2 is 1.45 bits per heavy atom. The monoisotopic (exact) mass is 448 g/mol. The summed E-state index contributed by atoms with van der Waals surface area (Å²) in [6.45, 7) is 0. The van der Waals surface area contributed by atoms with Gasteiger partial charge in [-0.2, -0.15) is 17.2 Å². The predicted molar refractivity (Wildman–Crippen MR) is 122 cm³/mol. The molecule has 5 aromatic rings. The van der Waals surface area contributed by atoms with E-state index in [1.54, 1.807) is 18.2 Å². The molecule has 0 fully saturated rings. The van der Waals surface area contributed by atoms with Crippen molar-refractivity contribution < 1.29 is 8.42 Å². The smallest absolute Gasteiger partial charge is 0.287 e. The Kier molecular flexibility index (Phi) is 4.85. The van der Waals surface area contributed by atoms with Gasteiger partial charge in [-0.15, -0.1) is 9.19 Å². The maximum absolute atomic E-state index is 13.6. The van der Waals surface area contributed by atoms with E-state index in [1.807, 2.05) is 60.7 Å². The summed E-state index contributed by atoms with van der Waals surface area (Å²) in [6.07, 6.45) is 0. The highest BCUT2D eigenvalue weighted by Gasteiger charge is 2.26. The van der Waals surface area contributed by atoms with Crippen LogP contribution < -0.4 is 10.6 Å². The molecule has 0 unspecified atom stereocenters. The van der Waals surface area contributed by atoms with Crippen LogP contribution in [0.1, 0.15) is 0 Å². The van der Waals surface area contributed by atoms with E-state index in [1.165, 1.54) is 6.07 Å². The van der Waals surface area contributed by atoms with Crippen molar-refractivity contribution in [2.24, 2.45) is 0 Å². The fraction of sp³-hybridized carbons (Fsp3) is 0. The summed E-state index contributed by atoms with van der Waals surface area (Å²) < 4.78 is 36.5. The maximum Gasteiger partial charge on any atom is 0.287 e. The number of fused-ring (bicyclic) bond motifs is 1. The van der Waals surface area contributed by atoms with Crippen LogP contribution in [0.15, 0.2) is 89.8 Å². The normalized spacial score (nSPS) is 11.5. The van der Waals surface area contributed by atoms with Crippen LogP contribution in [0.3, 0.4) is 0 Å². The van der Waals surface area contributed by atoms with Crippen molar-refractivity contribution in [2.45, 2.75) is 4.90 Å². The number of nitrogens with one attached hydrogen (secondary N) is 2. The molecule has 154 valence electrons. The van der Waals surface area contributed by atoms with Gasteiger partial charge >= 0.3 is 0 Å². The Balaban J connectivity index is 1.62. The molecule has 2 N–H and O–H groups in total. The molecule has 10 heteroatoms. The highest BCUT2D eigenvalue weighted by molar-refractivity contribution is 7.90. The third-order valence-electron chi connectivity index (χ3n) is 4.53. The molecule has 0 radical (unpaired) electrons. The van der Waals surface area contributed by atoms with Gasteiger partial charge < -0.3 is 10.6 Å². The van der Waals surface area contributed by atoms with Crippen molar-refractivity contribution >= 4 is 55.8 Å². The third-order valence-corrected chi connectivity index (χ3v) is 6.69. The summed E-state index contributed by atoms with van der Waals surface area (Å²) in [5.74, 6) is 0.682. The first kappa shape index (κ1) is 19.2. The first-order valence-corrected chi connectivity index (χ1v) is 11.5.